The molecule has 134 valence electrons. The van der Waals surface area contributed by atoms with Gasteiger partial charge >= 0.3 is 0 Å². The van der Waals surface area contributed by atoms with Crippen molar-refractivity contribution in [2.24, 2.45) is 5.10 Å². The highest BCUT2D eigenvalue weighted by Crippen LogP contribution is 2.36. The Labute approximate surface area is 161 Å². The normalized spacial score (nSPS) is 11.3. The van der Waals surface area contributed by atoms with Crippen LogP contribution in [0.3, 0.4) is 0 Å². The van der Waals surface area contributed by atoms with Crippen molar-refractivity contribution in [1.29, 1.82) is 0 Å². The molecule has 2 aromatic heterocycles. The summed E-state index contributed by atoms with van der Waals surface area (Å²) in [6.45, 7) is 2.01. The Hall–Kier alpha value is -3.25. The van der Waals surface area contributed by atoms with Crippen LogP contribution in [0.4, 0.5) is 5.82 Å². The van der Waals surface area contributed by atoms with Gasteiger partial charge in [0, 0.05) is 16.5 Å². The van der Waals surface area contributed by atoms with Crippen LogP contribution in [0.25, 0.3) is 21.3 Å². The Morgan fingerprint density at radius 1 is 1.11 bits per heavy atom. The van der Waals surface area contributed by atoms with Crippen molar-refractivity contribution >= 4 is 33.6 Å². The van der Waals surface area contributed by atoms with Gasteiger partial charge in [0.05, 0.1) is 11.6 Å². The lowest BCUT2D eigenvalue weighted by Crippen LogP contribution is -1.96. The van der Waals surface area contributed by atoms with E-state index in [2.05, 4.69) is 38.0 Å². The third kappa shape index (κ3) is 3.39. The Morgan fingerprint density at radius 2 is 1.96 bits per heavy atom. The van der Waals surface area contributed by atoms with Gasteiger partial charge < -0.3 is 5.11 Å². The van der Waals surface area contributed by atoms with Crippen molar-refractivity contribution in [3.8, 4) is 16.9 Å². The van der Waals surface area contributed by atoms with Gasteiger partial charge in [-0.1, -0.05) is 49.4 Å². The molecule has 0 atom stereocenters. The van der Waals surface area contributed by atoms with E-state index in [9.17, 15) is 5.11 Å². The molecule has 0 unspecified atom stereocenters. The van der Waals surface area contributed by atoms with E-state index in [1.165, 1.54) is 6.33 Å². The predicted molar refractivity (Wildman–Crippen MR) is 112 cm³/mol. The zero-order valence-electron chi connectivity index (χ0n) is 14.8. The molecule has 6 heteroatoms. The molecule has 0 radical (unpaired) electrons. The Balaban J connectivity index is 1.68. The number of hydrogen-bond donors (Lipinski definition) is 2. The Kier molecular flexibility index (Phi) is 4.80. The third-order valence-corrected chi connectivity index (χ3v) is 5.25. The van der Waals surface area contributed by atoms with Gasteiger partial charge in [0.25, 0.3) is 0 Å². The number of aryl methyl sites for hydroxylation is 1. The van der Waals surface area contributed by atoms with E-state index in [1.54, 1.807) is 17.6 Å². The maximum Gasteiger partial charge on any atom is 0.159 e. The molecular weight excluding hydrogens is 356 g/mol. The monoisotopic (exact) mass is 374 g/mol. The maximum absolute atomic E-state index is 10.3. The zero-order valence-corrected chi connectivity index (χ0v) is 15.6. The molecule has 27 heavy (non-hydrogen) atoms. The van der Waals surface area contributed by atoms with E-state index in [0.29, 0.717) is 11.4 Å². The van der Waals surface area contributed by atoms with E-state index in [4.69, 9.17) is 0 Å². The zero-order chi connectivity index (χ0) is 18.6. The molecule has 0 bridgehead atoms. The molecule has 0 aliphatic carbocycles. The molecule has 2 aromatic carbocycles. The molecule has 2 heterocycles. The Morgan fingerprint density at radius 3 is 2.78 bits per heavy atom. The molecule has 4 aromatic rings. The minimum atomic E-state index is 0.263. The number of nitrogens with one attached hydrogen (secondary N) is 1. The number of benzene rings is 2. The van der Waals surface area contributed by atoms with Gasteiger partial charge in [-0.15, -0.1) is 11.3 Å². The summed E-state index contributed by atoms with van der Waals surface area (Å²) in [7, 11) is 0. The van der Waals surface area contributed by atoms with E-state index in [1.807, 2.05) is 43.3 Å². The van der Waals surface area contributed by atoms with Gasteiger partial charge in [0.15, 0.2) is 5.82 Å². The van der Waals surface area contributed by atoms with Crippen LogP contribution in [0, 0.1) is 0 Å². The fourth-order valence-electron chi connectivity index (χ4n) is 2.95. The molecule has 0 amide bonds. The van der Waals surface area contributed by atoms with Crippen molar-refractivity contribution in [2.75, 3.05) is 5.43 Å². The molecule has 0 saturated heterocycles. The van der Waals surface area contributed by atoms with E-state index in [-0.39, 0.29) is 5.75 Å². The quantitative estimate of drug-likeness (QED) is 0.378. The van der Waals surface area contributed by atoms with Crippen molar-refractivity contribution in [2.45, 2.75) is 13.3 Å². The van der Waals surface area contributed by atoms with Gasteiger partial charge in [-0.25, -0.2) is 9.97 Å². The van der Waals surface area contributed by atoms with Crippen LogP contribution in [0.5, 0.6) is 5.75 Å². The molecule has 0 spiro atoms. The summed E-state index contributed by atoms with van der Waals surface area (Å²) in [5.74, 6) is 0.904. The molecule has 4 rings (SSSR count). The molecule has 0 fully saturated rings. The summed E-state index contributed by atoms with van der Waals surface area (Å²) in [4.78, 5) is 9.63. The van der Waals surface area contributed by atoms with Crippen LogP contribution in [0.15, 0.2) is 65.3 Å². The maximum atomic E-state index is 10.3. The highest BCUT2D eigenvalue weighted by atomic mass is 32.1. The fourth-order valence-corrected chi connectivity index (χ4v) is 3.87. The lowest BCUT2D eigenvalue weighted by molar-refractivity contribution is 0.468. The summed E-state index contributed by atoms with van der Waals surface area (Å²) >= 11 is 1.58. The first-order valence-electron chi connectivity index (χ1n) is 8.65. The second-order valence-electron chi connectivity index (χ2n) is 6.00. The first-order chi connectivity index (χ1) is 13.3. The fraction of sp³-hybridized carbons (Fsp3) is 0.0952. The van der Waals surface area contributed by atoms with Crippen LogP contribution < -0.4 is 5.43 Å². The smallest absolute Gasteiger partial charge is 0.159 e. The number of fused-ring (bicyclic) bond motifs is 1. The van der Waals surface area contributed by atoms with Crippen molar-refractivity contribution in [3.05, 3.63) is 71.4 Å². The second kappa shape index (κ2) is 7.55. The van der Waals surface area contributed by atoms with Crippen LogP contribution in [0.2, 0.25) is 0 Å². The van der Waals surface area contributed by atoms with E-state index < -0.39 is 0 Å². The third-order valence-electron chi connectivity index (χ3n) is 4.36. The molecule has 0 saturated carbocycles. The number of aromatic nitrogens is 2. The van der Waals surface area contributed by atoms with Crippen LogP contribution in [0.1, 0.15) is 18.1 Å². The molecule has 5 nitrogen and oxygen atoms in total. The number of phenols is 1. The van der Waals surface area contributed by atoms with E-state index >= 15 is 0 Å². The number of hydrogen-bond acceptors (Lipinski definition) is 6. The number of thiophene rings is 1. The average Bonchev–Trinajstić information content (AvgIpc) is 3.15. The summed E-state index contributed by atoms with van der Waals surface area (Å²) in [5.41, 5.74) is 6.76. The van der Waals surface area contributed by atoms with Crippen LogP contribution in [-0.4, -0.2) is 21.3 Å². The van der Waals surface area contributed by atoms with Gasteiger partial charge in [0.1, 0.15) is 16.9 Å². The number of anilines is 1. The summed E-state index contributed by atoms with van der Waals surface area (Å²) in [5, 5.41) is 17.6. The lowest BCUT2D eigenvalue weighted by atomic mass is 10.1. The number of aromatic hydroxyl groups is 1. The van der Waals surface area contributed by atoms with Gasteiger partial charge in [0.2, 0.25) is 0 Å². The number of phenolic OH excluding ortho intramolecular Hbond substituents is 1. The summed E-state index contributed by atoms with van der Waals surface area (Å²) < 4.78 is 0. The first-order valence-corrected chi connectivity index (χ1v) is 9.53. The van der Waals surface area contributed by atoms with Crippen molar-refractivity contribution in [3.63, 3.8) is 0 Å². The van der Waals surface area contributed by atoms with Gasteiger partial charge in [-0.3, -0.25) is 5.43 Å². The number of rotatable bonds is 5. The minimum absolute atomic E-state index is 0.263. The number of hydrazone groups is 1. The Bertz CT molecular complexity index is 1110. The predicted octanol–water partition coefficient (Wildman–Crippen LogP) is 5.07. The topological polar surface area (TPSA) is 70.4 Å². The van der Waals surface area contributed by atoms with Crippen molar-refractivity contribution in [1.82, 2.24) is 9.97 Å². The summed E-state index contributed by atoms with van der Waals surface area (Å²) in [6, 6.07) is 15.8. The standard InChI is InChI=1S/C21H18N4OS/c1-2-14-9-6-10-16(19(14)26)11-24-25-20-18-17(15-7-4-3-5-8-15)12-27-21(18)23-13-22-20/h3-13,26H,2H2,1H3,(H,22,23,25)/b24-11+. The highest BCUT2D eigenvalue weighted by Gasteiger charge is 2.12. The second-order valence-corrected chi connectivity index (χ2v) is 6.85. The average molecular weight is 374 g/mol. The number of para-hydroxylation sites is 1. The first kappa shape index (κ1) is 17.2. The highest BCUT2D eigenvalue weighted by molar-refractivity contribution is 7.17. The van der Waals surface area contributed by atoms with Gasteiger partial charge in [-0.2, -0.15) is 5.10 Å². The lowest BCUT2D eigenvalue weighted by Gasteiger charge is -2.06. The summed E-state index contributed by atoms with van der Waals surface area (Å²) in [6.07, 6.45) is 3.90. The largest absolute Gasteiger partial charge is 0.507 e. The van der Waals surface area contributed by atoms with Gasteiger partial charge in [-0.05, 0) is 23.6 Å². The van der Waals surface area contributed by atoms with Crippen molar-refractivity contribution < 1.29 is 5.11 Å². The SMILES string of the molecule is CCc1cccc(/C=N/Nc2ncnc3scc(-c4ccccc4)c23)c1O. The molecule has 0 aliphatic heterocycles. The van der Waals surface area contributed by atoms with Crippen LogP contribution >= 0.6 is 11.3 Å². The molecule has 0 aliphatic rings. The van der Waals surface area contributed by atoms with E-state index in [0.717, 1.165) is 33.3 Å². The minimum Gasteiger partial charge on any atom is -0.507 e. The molecule has 2 N–H and O–H groups in total. The number of nitrogens with zero attached hydrogens (tertiary/aromatic N) is 3. The van der Waals surface area contributed by atoms with Crippen LogP contribution in [-0.2, 0) is 6.42 Å². The molecular formula is C21H18N4OS.